The molecule has 38 heavy (non-hydrogen) atoms. The highest BCUT2D eigenvalue weighted by atomic mass is 19.1. The maximum absolute atomic E-state index is 15.1. The van der Waals surface area contributed by atoms with Crippen molar-refractivity contribution >= 4 is 17.0 Å². The number of benzene rings is 2. The van der Waals surface area contributed by atoms with Crippen LogP contribution in [0.2, 0.25) is 0 Å². The van der Waals surface area contributed by atoms with Crippen molar-refractivity contribution in [2.75, 3.05) is 53.5 Å². The van der Waals surface area contributed by atoms with Gasteiger partial charge in [-0.15, -0.1) is 0 Å². The molecule has 0 saturated carbocycles. The van der Waals surface area contributed by atoms with Crippen molar-refractivity contribution in [2.45, 2.75) is 25.1 Å². The number of halogens is 1. The van der Waals surface area contributed by atoms with Gasteiger partial charge in [-0.3, -0.25) is 14.3 Å². The Morgan fingerprint density at radius 1 is 1.18 bits per heavy atom. The van der Waals surface area contributed by atoms with Crippen molar-refractivity contribution < 1.29 is 23.4 Å². The predicted molar refractivity (Wildman–Crippen MR) is 139 cm³/mol. The number of fused-ring (bicyclic) bond motifs is 1. The number of nitrogens with zero attached hydrogens (tertiary/aromatic N) is 4. The molecule has 2 N–H and O–H groups in total. The lowest BCUT2D eigenvalue weighted by molar-refractivity contribution is -0.130. The fourth-order valence-corrected chi connectivity index (χ4v) is 4.46. The second kappa shape index (κ2) is 12.3. The van der Waals surface area contributed by atoms with Crippen molar-refractivity contribution in [3.63, 3.8) is 0 Å². The van der Waals surface area contributed by atoms with Crippen LogP contribution < -0.4 is 11.1 Å². The number of rotatable bonds is 10. The summed E-state index contributed by atoms with van der Waals surface area (Å²) in [5.41, 5.74) is 2.66. The largest absolute Gasteiger partial charge is 0.419 e. The maximum Gasteiger partial charge on any atom is 0.419 e. The monoisotopic (exact) mass is 525 g/mol. The number of oxazole rings is 1. The number of nitrogens with one attached hydrogen (secondary N) is 1. The molecule has 1 fully saturated rings. The van der Waals surface area contributed by atoms with Gasteiger partial charge in [0.05, 0.1) is 24.8 Å². The lowest BCUT2D eigenvalue weighted by atomic mass is 10.00. The predicted octanol–water partition coefficient (Wildman–Crippen LogP) is 1.21. The van der Waals surface area contributed by atoms with Crippen LogP contribution in [0.1, 0.15) is 5.56 Å². The van der Waals surface area contributed by atoms with Gasteiger partial charge >= 0.3 is 5.76 Å². The Kier molecular flexibility index (Phi) is 8.91. The Balaban J connectivity index is 1.48. The van der Waals surface area contributed by atoms with E-state index in [4.69, 9.17) is 9.15 Å². The van der Waals surface area contributed by atoms with Crippen LogP contribution >= 0.6 is 0 Å². The van der Waals surface area contributed by atoms with Crippen molar-refractivity contribution in [1.82, 2.24) is 19.7 Å². The average Bonchev–Trinajstić information content (AvgIpc) is 3.22. The zero-order chi connectivity index (χ0) is 27.2. The van der Waals surface area contributed by atoms with Gasteiger partial charge in [0.25, 0.3) is 5.91 Å². The van der Waals surface area contributed by atoms with Gasteiger partial charge in [-0.2, -0.15) is 5.26 Å². The third kappa shape index (κ3) is 6.65. The number of amides is 1. The summed E-state index contributed by atoms with van der Waals surface area (Å²) < 4.78 is 27.4. The van der Waals surface area contributed by atoms with Crippen LogP contribution in [0, 0.1) is 17.1 Å². The summed E-state index contributed by atoms with van der Waals surface area (Å²) in [6.45, 7) is 4.23. The number of likely N-dealkylation sites (N-methyl/N-ethyl adjacent to an activating group) is 1. The van der Waals surface area contributed by atoms with E-state index in [1.54, 1.807) is 53.9 Å². The van der Waals surface area contributed by atoms with Crippen LogP contribution in [-0.2, 0) is 22.5 Å². The zero-order valence-electron chi connectivity index (χ0n) is 21.5. The average molecular weight is 526 g/mol. The molecule has 2 aromatic carbocycles. The summed E-state index contributed by atoms with van der Waals surface area (Å²) in [6.07, 6.45) is -1.34. The second-order valence-electron chi connectivity index (χ2n) is 9.63. The molecule has 2 heterocycles. The third-order valence-electron chi connectivity index (χ3n) is 6.53. The lowest BCUT2D eigenvalue weighted by Gasteiger charge is -2.26. The first-order chi connectivity index (χ1) is 18.2. The number of aliphatic hydroxyl groups excluding tert-OH is 1. The quantitative estimate of drug-likeness (QED) is 0.405. The molecule has 4 rings (SSSR count). The molecule has 0 unspecified atom stereocenters. The van der Waals surface area contributed by atoms with Crippen LogP contribution in [0.25, 0.3) is 22.2 Å². The van der Waals surface area contributed by atoms with Gasteiger partial charge in [-0.25, -0.2) is 9.18 Å². The zero-order valence-corrected chi connectivity index (χ0v) is 21.5. The van der Waals surface area contributed by atoms with E-state index in [9.17, 15) is 20.0 Å². The number of aromatic nitrogens is 1. The molecule has 1 saturated heterocycles. The minimum absolute atomic E-state index is 0.0507. The molecule has 1 aliphatic rings. The van der Waals surface area contributed by atoms with Gasteiger partial charge in [0, 0.05) is 39.1 Å². The highest BCUT2D eigenvalue weighted by Gasteiger charge is 2.21. The summed E-state index contributed by atoms with van der Waals surface area (Å²) in [5, 5.41) is 21.9. The lowest BCUT2D eigenvalue weighted by Crippen LogP contribution is -2.45. The smallest absolute Gasteiger partial charge is 0.408 e. The summed E-state index contributed by atoms with van der Waals surface area (Å²) in [5.74, 6) is -1.65. The van der Waals surface area contributed by atoms with E-state index in [1.165, 1.54) is 6.07 Å². The number of morpholine rings is 1. The van der Waals surface area contributed by atoms with E-state index < -0.39 is 29.6 Å². The summed E-state index contributed by atoms with van der Waals surface area (Å²) in [4.78, 5) is 28.5. The maximum atomic E-state index is 15.1. The van der Waals surface area contributed by atoms with E-state index in [1.807, 2.05) is 6.07 Å². The highest BCUT2D eigenvalue weighted by Crippen LogP contribution is 2.26. The number of nitriles is 1. The molecule has 3 aromatic rings. The molecule has 1 amide bonds. The second-order valence-corrected chi connectivity index (χ2v) is 9.63. The normalized spacial score (nSPS) is 15.9. The van der Waals surface area contributed by atoms with Gasteiger partial charge in [-0.1, -0.05) is 18.2 Å². The highest BCUT2D eigenvalue weighted by molar-refractivity contribution is 5.82. The molecule has 0 bridgehead atoms. The van der Waals surface area contributed by atoms with Crippen molar-refractivity contribution in [3.05, 3.63) is 58.3 Å². The number of carbonyl (C=O) groups is 1. The molecular weight excluding hydrogens is 493 g/mol. The van der Waals surface area contributed by atoms with Crippen LogP contribution in [0.15, 0.2) is 45.6 Å². The molecule has 1 aromatic heterocycles. The Morgan fingerprint density at radius 3 is 2.58 bits per heavy atom. The number of aliphatic hydroxyl groups is 1. The van der Waals surface area contributed by atoms with E-state index in [2.05, 4.69) is 10.2 Å². The SMILES string of the molecule is CN(C)C[C@H](O)C(=O)N[C@H](C#N)Cc1ccc(-c2ccc3oc(=O)n(CCN4CCOCC4)c3c2)cc1F. The Hall–Kier alpha value is -3.56. The molecule has 11 heteroatoms. The van der Waals surface area contributed by atoms with Gasteiger partial charge < -0.3 is 24.5 Å². The van der Waals surface area contributed by atoms with Gasteiger partial charge in [0.2, 0.25) is 0 Å². The molecule has 2 atom stereocenters. The van der Waals surface area contributed by atoms with Gasteiger partial charge in [0.15, 0.2) is 5.58 Å². The van der Waals surface area contributed by atoms with Crippen molar-refractivity contribution in [3.8, 4) is 17.2 Å². The molecule has 0 radical (unpaired) electrons. The summed E-state index contributed by atoms with van der Waals surface area (Å²) in [6, 6.07) is 10.9. The fraction of sp³-hybridized carbons (Fsp3) is 0.444. The standard InChI is InChI=1S/C27H32FN5O5/c1-31(2)17-24(34)26(35)30-21(16-29)13-20-4-3-18(14-22(20)28)19-5-6-25-23(15-19)33(27(36)38-25)8-7-32-9-11-37-12-10-32/h3-6,14-15,21,24,34H,7-13,17H2,1-2H3,(H,30,35)/t21-,24-/m0/s1. The number of ether oxygens (including phenoxy) is 1. The van der Waals surface area contributed by atoms with Crippen molar-refractivity contribution in [1.29, 1.82) is 5.26 Å². The number of hydrogen-bond donors (Lipinski definition) is 2. The van der Waals surface area contributed by atoms with Crippen LogP contribution in [-0.4, -0.2) is 91.0 Å². The van der Waals surface area contributed by atoms with Crippen LogP contribution in [0.5, 0.6) is 0 Å². The number of carbonyl (C=O) groups excluding carboxylic acids is 1. The number of hydrogen-bond acceptors (Lipinski definition) is 8. The minimum Gasteiger partial charge on any atom is -0.408 e. The van der Waals surface area contributed by atoms with E-state index in [0.29, 0.717) is 48.5 Å². The van der Waals surface area contributed by atoms with Gasteiger partial charge in [-0.05, 0) is 49.0 Å². The first-order valence-corrected chi connectivity index (χ1v) is 12.5. The topological polar surface area (TPSA) is 124 Å². The molecule has 10 nitrogen and oxygen atoms in total. The summed E-state index contributed by atoms with van der Waals surface area (Å²) >= 11 is 0. The first-order valence-electron chi connectivity index (χ1n) is 12.5. The Morgan fingerprint density at radius 2 is 1.89 bits per heavy atom. The van der Waals surface area contributed by atoms with E-state index in [0.717, 1.165) is 13.1 Å². The Bertz CT molecular complexity index is 1370. The van der Waals surface area contributed by atoms with E-state index in [-0.39, 0.29) is 18.5 Å². The fourth-order valence-electron chi connectivity index (χ4n) is 4.46. The van der Waals surface area contributed by atoms with Crippen LogP contribution in [0.3, 0.4) is 0 Å². The van der Waals surface area contributed by atoms with Gasteiger partial charge in [0.1, 0.15) is 18.0 Å². The molecule has 0 spiro atoms. The van der Waals surface area contributed by atoms with E-state index >= 15 is 4.39 Å². The Labute approximate surface area is 219 Å². The molecular formula is C27H32FN5O5. The van der Waals surface area contributed by atoms with Crippen LogP contribution in [0.4, 0.5) is 4.39 Å². The minimum atomic E-state index is -1.29. The first kappa shape index (κ1) is 27.5. The molecule has 1 aliphatic heterocycles. The summed E-state index contributed by atoms with van der Waals surface area (Å²) in [7, 11) is 3.42. The third-order valence-corrected chi connectivity index (χ3v) is 6.53. The van der Waals surface area contributed by atoms with Crippen molar-refractivity contribution in [2.24, 2.45) is 0 Å². The molecule has 0 aliphatic carbocycles. The molecule has 202 valence electrons.